The number of aromatic nitrogens is 2. The summed E-state index contributed by atoms with van der Waals surface area (Å²) in [6.07, 6.45) is 0.317. The van der Waals surface area contributed by atoms with Crippen LogP contribution in [0.15, 0.2) is 53.6 Å². The average Bonchev–Trinajstić information content (AvgIpc) is 3.24. The molecule has 9 heteroatoms. The highest BCUT2D eigenvalue weighted by molar-refractivity contribution is 5.87. The molecule has 2 aromatic carbocycles. The van der Waals surface area contributed by atoms with Gasteiger partial charge in [0.25, 0.3) is 0 Å². The van der Waals surface area contributed by atoms with Gasteiger partial charge >= 0.3 is 12.1 Å². The Balaban J connectivity index is 0.000000230. The fourth-order valence-electron chi connectivity index (χ4n) is 2.53. The summed E-state index contributed by atoms with van der Waals surface area (Å²) >= 11 is 0. The number of ether oxygens (including phenoxy) is 4. The van der Waals surface area contributed by atoms with Gasteiger partial charge in [0.2, 0.25) is 11.7 Å². The van der Waals surface area contributed by atoms with E-state index in [0.29, 0.717) is 11.7 Å². The second kappa shape index (κ2) is 12.9. The number of hydrogen-bond donors (Lipinski definition) is 0. The molecule has 3 rings (SSSR count). The van der Waals surface area contributed by atoms with Gasteiger partial charge in [0.15, 0.2) is 0 Å². The van der Waals surface area contributed by atoms with Gasteiger partial charge in [0.1, 0.15) is 13.2 Å². The maximum atomic E-state index is 10.5. The molecule has 0 saturated heterocycles. The number of carbonyl (C=O) groups is 2. The van der Waals surface area contributed by atoms with Crippen LogP contribution in [0.2, 0.25) is 0 Å². The van der Waals surface area contributed by atoms with E-state index in [0.717, 1.165) is 11.6 Å². The minimum absolute atomic E-state index is 0.0993. The van der Waals surface area contributed by atoms with Gasteiger partial charge in [-0.05, 0) is 23.8 Å². The van der Waals surface area contributed by atoms with E-state index in [9.17, 15) is 9.59 Å². The van der Waals surface area contributed by atoms with Crippen LogP contribution in [0.5, 0.6) is 0 Å². The first-order valence-corrected chi connectivity index (χ1v) is 9.81. The van der Waals surface area contributed by atoms with Crippen LogP contribution in [0, 0.1) is 13.8 Å². The van der Waals surface area contributed by atoms with E-state index in [1.54, 1.807) is 6.92 Å². The Bertz CT molecular complexity index is 1050. The van der Waals surface area contributed by atoms with Crippen LogP contribution in [0.1, 0.15) is 11.5 Å². The number of carbonyl (C=O) groups excluding carboxylic acids is 2. The number of fused-ring (bicyclic) bond motifs is 1. The molecule has 0 amide bonds. The molecule has 0 bridgehead atoms. The number of nitrogens with zero attached hydrogens (tertiary/aromatic N) is 2. The van der Waals surface area contributed by atoms with Crippen molar-refractivity contribution >= 4 is 22.9 Å². The van der Waals surface area contributed by atoms with Crippen molar-refractivity contribution in [2.24, 2.45) is 0 Å². The summed E-state index contributed by atoms with van der Waals surface area (Å²) in [6.45, 7) is 7.82. The van der Waals surface area contributed by atoms with E-state index in [2.05, 4.69) is 68.2 Å². The van der Waals surface area contributed by atoms with E-state index in [-0.39, 0.29) is 26.4 Å². The summed E-state index contributed by atoms with van der Waals surface area (Å²) in [4.78, 5) is 25.2. The molecule has 1 aromatic heterocycles. The first-order chi connectivity index (χ1) is 15.4. The Hall–Kier alpha value is -3.72. The highest BCUT2D eigenvalue weighted by Crippen LogP contribution is 2.23. The molecule has 9 nitrogen and oxygen atoms in total. The van der Waals surface area contributed by atoms with Crippen LogP contribution in [-0.2, 0) is 23.7 Å². The van der Waals surface area contributed by atoms with Crippen molar-refractivity contribution in [1.29, 1.82) is 0 Å². The van der Waals surface area contributed by atoms with Gasteiger partial charge in [-0.1, -0.05) is 47.6 Å². The van der Waals surface area contributed by atoms with Gasteiger partial charge in [-0.25, -0.2) is 9.59 Å². The van der Waals surface area contributed by atoms with Crippen LogP contribution in [0.4, 0.5) is 4.79 Å². The first kappa shape index (κ1) is 24.5. The molecule has 170 valence electrons. The van der Waals surface area contributed by atoms with Gasteiger partial charge in [-0.15, -0.1) is 0 Å². The quantitative estimate of drug-likeness (QED) is 0.290. The lowest BCUT2D eigenvalue weighted by atomic mass is 10.0. The lowest BCUT2D eigenvalue weighted by molar-refractivity contribution is -0.139. The molecule has 0 aliphatic carbocycles. The van der Waals surface area contributed by atoms with Crippen LogP contribution in [0.25, 0.3) is 22.2 Å². The van der Waals surface area contributed by atoms with Crippen molar-refractivity contribution in [2.75, 3.05) is 33.5 Å². The van der Waals surface area contributed by atoms with Gasteiger partial charge < -0.3 is 23.5 Å². The fraction of sp³-hybridized carbons (Fsp3) is 0.304. The predicted octanol–water partition coefficient (Wildman–Crippen LogP) is 4.02. The van der Waals surface area contributed by atoms with Crippen LogP contribution in [-0.4, -0.2) is 55.8 Å². The van der Waals surface area contributed by atoms with Crippen LogP contribution >= 0.6 is 0 Å². The normalized spacial score (nSPS) is 10.1. The molecule has 0 saturated carbocycles. The molecule has 32 heavy (non-hydrogen) atoms. The van der Waals surface area contributed by atoms with E-state index in [4.69, 9.17) is 9.26 Å². The molecule has 1 heterocycles. The van der Waals surface area contributed by atoms with E-state index in [1.165, 1.54) is 23.4 Å². The molecule has 0 spiro atoms. The van der Waals surface area contributed by atoms with Gasteiger partial charge in [0, 0.05) is 18.6 Å². The van der Waals surface area contributed by atoms with Crippen molar-refractivity contribution in [3.05, 3.63) is 60.5 Å². The van der Waals surface area contributed by atoms with E-state index >= 15 is 0 Å². The molecule has 0 N–H and O–H groups in total. The fourth-order valence-corrected chi connectivity index (χ4v) is 2.53. The lowest BCUT2D eigenvalue weighted by Crippen LogP contribution is -2.13. The minimum Gasteiger partial charge on any atom is -0.460 e. The van der Waals surface area contributed by atoms with E-state index < -0.39 is 12.1 Å². The van der Waals surface area contributed by atoms with Crippen molar-refractivity contribution in [1.82, 2.24) is 10.1 Å². The Morgan fingerprint density at radius 1 is 1.00 bits per heavy atom. The minimum atomic E-state index is -0.753. The zero-order valence-corrected chi connectivity index (χ0v) is 18.3. The molecular weight excluding hydrogens is 416 g/mol. The second-order valence-corrected chi connectivity index (χ2v) is 6.49. The molecule has 3 aromatic rings. The van der Waals surface area contributed by atoms with Crippen molar-refractivity contribution < 1.29 is 33.1 Å². The predicted molar refractivity (Wildman–Crippen MR) is 117 cm³/mol. The molecule has 0 atom stereocenters. The smallest absolute Gasteiger partial charge is 0.460 e. The number of rotatable bonds is 8. The van der Waals surface area contributed by atoms with Crippen molar-refractivity contribution in [3.8, 4) is 11.4 Å². The maximum Gasteiger partial charge on any atom is 0.508 e. The summed E-state index contributed by atoms with van der Waals surface area (Å²) in [5, 5.41) is 6.35. The van der Waals surface area contributed by atoms with Gasteiger partial charge in [-0.3, -0.25) is 0 Å². The number of benzene rings is 2. The zero-order chi connectivity index (χ0) is 23.3. The Morgan fingerprint density at radius 2 is 1.72 bits per heavy atom. The molecule has 0 fully saturated rings. The molecule has 0 unspecified atom stereocenters. The SMILES string of the molecule is C=CC(=O)OCCOCCOC(=O)OC.Cc1ccc2ccc(-c3noc(C)n3)cc2c1. The average molecular weight is 442 g/mol. The standard InChI is InChI=1S/C14H12N2O.C9H14O6/c1-9-3-4-11-5-6-12(8-13(11)7-9)14-15-10(2)17-16-14;1-3-8(10)14-6-4-13-5-7-15-9(11)12-2/h3-8H,1-2H3;3H,1,4-7H2,2H3. The zero-order valence-electron chi connectivity index (χ0n) is 18.3. The summed E-state index contributed by atoms with van der Waals surface area (Å²) in [6, 6.07) is 12.6. The largest absolute Gasteiger partial charge is 0.508 e. The summed E-state index contributed by atoms with van der Waals surface area (Å²) < 4.78 is 23.4. The van der Waals surface area contributed by atoms with Gasteiger partial charge in [0.05, 0.1) is 20.3 Å². The van der Waals surface area contributed by atoms with Crippen LogP contribution < -0.4 is 0 Å². The maximum absolute atomic E-state index is 10.5. The molecular formula is C23H26N2O7. The third kappa shape index (κ3) is 8.19. The third-order valence-electron chi connectivity index (χ3n) is 4.03. The molecule has 0 aliphatic rings. The molecule has 0 aliphatic heterocycles. The number of methoxy groups -OCH3 is 1. The Morgan fingerprint density at radius 3 is 2.38 bits per heavy atom. The van der Waals surface area contributed by atoms with Gasteiger partial charge in [-0.2, -0.15) is 4.98 Å². The highest BCUT2D eigenvalue weighted by atomic mass is 16.7. The topological polar surface area (TPSA) is 110 Å². The van der Waals surface area contributed by atoms with E-state index in [1.807, 2.05) is 6.07 Å². The van der Waals surface area contributed by atoms with Crippen LogP contribution in [0.3, 0.4) is 0 Å². The number of esters is 1. The number of aryl methyl sites for hydroxylation is 2. The van der Waals surface area contributed by atoms with Crippen molar-refractivity contribution in [2.45, 2.75) is 13.8 Å². The highest BCUT2D eigenvalue weighted by Gasteiger charge is 2.06. The second-order valence-electron chi connectivity index (χ2n) is 6.49. The molecule has 0 radical (unpaired) electrons. The number of hydrogen-bond acceptors (Lipinski definition) is 9. The lowest BCUT2D eigenvalue weighted by Gasteiger charge is -2.04. The monoisotopic (exact) mass is 442 g/mol. The first-order valence-electron chi connectivity index (χ1n) is 9.81. The summed E-state index contributed by atoms with van der Waals surface area (Å²) in [7, 11) is 1.22. The third-order valence-corrected chi connectivity index (χ3v) is 4.03. The summed E-state index contributed by atoms with van der Waals surface area (Å²) in [5.74, 6) is 0.736. The Labute approximate surface area is 185 Å². The van der Waals surface area contributed by atoms with Crippen molar-refractivity contribution in [3.63, 3.8) is 0 Å². The Kier molecular flexibility index (Phi) is 9.86. The summed E-state index contributed by atoms with van der Waals surface area (Å²) in [5.41, 5.74) is 2.24.